The zero-order valence-corrected chi connectivity index (χ0v) is 18.8. The van der Waals surface area contributed by atoms with Crippen LogP contribution >= 0.6 is 11.6 Å². The largest absolute Gasteiger partial charge is 0.486 e. The molecule has 4 rings (SSSR count). The number of pyridine rings is 1. The number of amides is 1. The van der Waals surface area contributed by atoms with E-state index in [1.807, 2.05) is 23.1 Å². The molecule has 0 atom stereocenters. The SMILES string of the molecule is O=C(/C=C/c1cc(Cl)c2c(c1)OCCO2)N(CCCN1CCOCC1)Cc1ccncc1. The summed E-state index contributed by atoms with van der Waals surface area (Å²) in [7, 11) is 0. The molecule has 1 fully saturated rings. The second kappa shape index (κ2) is 11.3. The van der Waals surface area contributed by atoms with E-state index in [9.17, 15) is 4.79 Å². The van der Waals surface area contributed by atoms with E-state index in [4.69, 9.17) is 25.8 Å². The van der Waals surface area contributed by atoms with E-state index in [-0.39, 0.29) is 5.91 Å². The van der Waals surface area contributed by atoms with Crippen LogP contribution in [0.4, 0.5) is 0 Å². The topological polar surface area (TPSA) is 64.1 Å². The molecule has 2 aliphatic rings. The lowest BCUT2D eigenvalue weighted by molar-refractivity contribution is -0.126. The molecule has 0 bridgehead atoms. The van der Waals surface area contributed by atoms with Crippen molar-refractivity contribution < 1.29 is 19.0 Å². The third kappa shape index (κ3) is 6.22. The van der Waals surface area contributed by atoms with Crippen molar-refractivity contribution >= 4 is 23.6 Å². The molecule has 3 heterocycles. The Labute approximate surface area is 193 Å². The first-order valence-corrected chi connectivity index (χ1v) is 11.3. The molecule has 0 unspecified atom stereocenters. The molecule has 1 aromatic heterocycles. The van der Waals surface area contributed by atoms with Crippen LogP contribution in [0.15, 0.2) is 42.7 Å². The highest BCUT2D eigenvalue weighted by molar-refractivity contribution is 6.32. The Morgan fingerprint density at radius 2 is 1.91 bits per heavy atom. The van der Waals surface area contributed by atoms with Gasteiger partial charge in [-0.3, -0.25) is 14.7 Å². The zero-order chi connectivity index (χ0) is 22.2. The molecule has 1 aromatic carbocycles. The molecule has 0 saturated carbocycles. The average molecular weight is 458 g/mol. The number of hydrogen-bond donors (Lipinski definition) is 0. The van der Waals surface area contributed by atoms with E-state index in [0.29, 0.717) is 42.8 Å². The molecule has 32 heavy (non-hydrogen) atoms. The van der Waals surface area contributed by atoms with E-state index < -0.39 is 0 Å². The number of nitrogens with zero attached hydrogens (tertiary/aromatic N) is 3. The van der Waals surface area contributed by atoms with E-state index in [1.54, 1.807) is 30.6 Å². The fourth-order valence-corrected chi connectivity index (χ4v) is 4.06. The minimum Gasteiger partial charge on any atom is -0.486 e. The molecule has 2 aromatic rings. The number of benzene rings is 1. The van der Waals surface area contributed by atoms with Gasteiger partial charge in [-0.1, -0.05) is 11.6 Å². The Kier molecular flexibility index (Phi) is 7.98. The molecular formula is C24H28ClN3O4. The number of carbonyl (C=O) groups is 1. The Morgan fingerprint density at radius 3 is 2.72 bits per heavy atom. The van der Waals surface area contributed by atoms with E-state index in [2.05, 4.69) is 9.88 Å². The Morgan fingerprint density at radius 1 is 1.12 bits per heavy atom. The van der Waals surface area contributed by atoms with Crippen LogP contribution in [0.25, 0.3) is 6.08 Å². The quantitative estimate of drug-likeness (QED) is 0.567. The second-order valence-corrected chi connectivity index (χ2v) is 8.19. The predicted octanol–water partition coefficient (Wildman–Crippen LogP) is 3.27. The van der Waals surface area contributed by atoms with Crippen molar-refractivity contribution in [3.8, 4) is 11.5 Å². The van der Waals surface area contributed by atoms with Crippen molar-refractivity contribution in [1.82, 2.24) is 14.8 Å². The molecule has 0 spiro atoms. The van der Waals surface area contributed by atoms with Gasteiger partial charge < -0.3 is 19.1 Å². The van der Waals surface area contributed by atoms with Crippen LogP contribution < -0.4 is 9.47 Å². The summed E-state index contributed by atoms with van der Waals surface area (Å²) in [5.74, 6) is 1.12. The maximum atomic E-state index is 13.1. The molecule has 2 aliphatic heterocycles. The standard InChI is InChI=1S/C24H28ClN3O4/c25-21-16-20(17-22-24(21)32-15-14-31-22)2-3-23(29)28(18-19-4-6-26-7-5-19)9-1-8-27-10-12-30-13-11-27/h2-7,16-17H,1,8-15,18H2/b3-2+. The highest BCUT2D eigenvalue weighted by Gasteiger charge is 2.17. The fraction of sp³-hybridized carbons (Fsp3) is 0.417. The van der Waals surface area contributed by atoms with Gasteiger partial charge in [-0.15, -0.1) is 0 Å². The maximum Gasteiger partial charge on any atom is 0.246 e. The first-order chi connectivity index (χ1) is 15.7. The maximum absolute atomic E-state index is 13.1. The summed E-state index contributed by atoms with van der Waals surface area (Å²) < 4.78 is 16.6. The molecule has 0 N–H and O–H groups in total. The lowest BCUT2D eigenvalue weighted by Gasteiger charge is -2.28. The Balaban J connectivity index is 1.42. The first kappa shape index (κ1) is 22.6. The number of aromatic nitrogens is 1. The van der Waals surface area contributed by atoms with Crippen molar-refractivity contribution in [3.05, 3.63) is 58.9 Å². The van der Waals surface area contributed by atoms with Gasteiger partial charge >= 0.3 is 0 Å². The smallest absolute Gasteiger partial charge is 0.246 e. The van der Waals surface area contributed by atoms with E-state index in [1.165, 1.54) is 0 Å². The van der Waals surface area contributed by atoms with Gasteiger partial charge in [0.25, 0.3) is 0 Å². The van der Waals surface area contributed by atoms with Gasteiger partial charge in [0, 0.05) is 51.2 Å². The van der Waals surface area contributed by atoms with Gasteiger partial charge in [-0.2, -0.15) is 0 Å². The minimum absolute atomic E-state index is 0.0465. The number of carbonyl (C=O) groups excluding carboxylic acids is 1. The van der Waals surface area contributed by atoms with Crippen LogP contribution in [0.1, 0.15) is 17.5 Å². The van der Waals surface area contributed by atoms with E-state index >= 15 is 0 Å². The number of halogens is 1. The van der Waals surface area contributed by atoms with Crippen molar-refractivity contribution in [2.24, 2.45) is 0 Å². The summed E-state index contributed by atoms with van der Waals surface area (Å²) >= 11 is 6.32. The Bertz CT molecular complexity index is 932. The van der Waals surface area contributed by atoms with Gasteiger partial charge in [-0.25, -0.2) is 0 Å². The summed E-state index contributed by atoms with van der Waals surface area (Å²) in [4.78, 5) is 21.4. The van der Waals surface area contributed by atoms with Gasteiger partial charge in [0.15, 0.2) is 11.5 Å². The third-order valence-electron chi connectivity index (χ3n) is 5.48. The lowest BCUT2D eigenvalue weighted by atomic mass is 10.1. The molecule has 0 aliphatic carbocycles. The highest BCUT2D eigenvalue weighted by Crippen LogP contribution is 2.38. The van der Waals surface area contributed by atoms with Crippen LogP contribution in [-0.4, -0.2) is 73.3 Å². The van der Waals surface area contributed by atoms with Crippen molar-refractivity contribution in [2.75, 3.05) is 52.6 Å². The molecule has 170 valence electrons. The predicted molar refractivity (Wildman–Crippen MR) is 123 cm³/mol. The van der Waals surface area contributed by atoms with Crippen LogP contribution in [0.2, 0.25) is 5.02 Å². The van der Waals surface area contributed by atoms with Crippen LogP contribution in [0.3, 0.4) is 0 Å². The molecule has 0 radical (unpaired) electrons. The molecule has 1 amide bonds. The van der Waals surface area contributed by atoms with Crippen LogP contribution in [0, 0.1) is 0 Å². The summed E-state index contributed by atoms with van der Waals surface area (Å²) in [5, 5.41) is 0.480. The minimum atomic E-state index is -0.0465. The average Bonchev–Trinajstić information content (AvgIpc) is 2.83. The van der Waals surface area contributed by atoms with Gasteiger partial charge in [0.2, 0.25) is 5.91 Å². The molecule has 1 saturated heterocycles. The van der Waals surface area contributed by atoms with Gasteiger partial charge in [0.1, 0.15) is 13.2 Å². The zero-order valence-electron chi connectivity index (χ0n) is 18.0. The normalized spacial score (nSPS) is 16.3. The number of morpholine rings is 1. The monoisotopic (exact) mass is 457 g/mol. The second-order valence-electron chi connectivity index (χ2n) is 7.78. The number of fused-ring (bicyclic) bond motifs is 1. The van der Waals surface area contributed by atoms with Crippen molar-refractivity contribution in [1.29, 1.82) is 0 Å². The third-order valence-corrected chi connectivity index (χ3v) is 5.76. The van der Waals surface area contributed by atoms with Crippen molar-refractivity contribution in [3.63, 3.8) is 0 Å². The fourth-order valence-electron chi connectivity index (χ4n) is 3.79. The number of hydrogen-bond acceptors (Lipinski definition) is 6. The molecule has 8 heteroatoms. The highest BCUT2D eigenvalue weighted by atomic mass is 35.5. The van der Waals surface area contributed by atoms with Gasteiger partial charge in [0.05, 0.1) is 18.2 Å². The van der Waals surface area contributed by atoms with E-state index in [0.717, 1.165) is 50.4 Å². The first-order valence-electron chi connectivity index (χ1n) is 10.9. The summed E-state index contributed by atoms with van der Waals surface area (Å²) in [5.41, 5.74) is 1.85. The number of rotatable bonds is 8. The Hall–Kier alpha value is -2.61. The number of ether oxygens (including phenoxy) is 3. The summed E-state index contributed by atoms with van der Waals surface area (Å²) in [6.07, 6.45) is 7.77. The molecule has 7 nitrogen and oxygen atoms in total. The van der Waals surface area contributed by atoms with Crippen LogP contribution in [0.5, 0.6) is 11.5 Å². The lowest BCUT2D eigenvalue weighted by Crippen LogP contribution is -2.38. The summed E-state index contributed by atoms with van der Waals surface area (Å²) in [6, 6.07) is 7.50. The van der Waals surface area contributed by atoms with Gasteiger partial charge in [-0.05, 0) is 47.9 Å². The van der Waals surface area contributed by atoms with Crippen LogP contribution in [-0.2, 0) is 16.1 Å². The molecular weight excluding hydrogens is 430 g/mol. The van der Waals surface area contributed by atoms with Crippen molar-refractivity contribution in [2.45, 2.75) is 13.0 Å². The summed E-state index contributed by atoms with van der Waals surface area (Å²) in [6.45, 7) is 6.58.